The Labute approximate surface area is 156 Å². The summed E-state index contributed by atoms with van der Waals surface area (Å²) < 4.78 is 23.5. The number of nitrogens with one attached hydrogen (secondary N) is 2. The standard InChI is InChI=1S/C19H20FN3O4/c1-12(16-8-7-15(26-2)10-17(16)27-3)22-23-18(24)11-21-19(25)13-5-4-6-14(20)9-13/h4-10H,11H2,1-3H3,(H,21,25)(H,23,24)/b22-12-. The first kappa shape index (κ1) is 19.9. The summed E-state index contributed by atoms with van der Waals surface area (Å²) in [7, 11) is 3.07. The Hall–Kier alpha value is -3.42. The van der Waals surface area contributed by atoms with Crippen LogP contribution in [-0.4, -0.2) is 38.3 Å². The monoisotopic (exact) mass is 373 g/mol. The van der Waals surface area contributed by atoms with Crippen molar-refractivity contribution in [3.63, 3.8) is 0 Å². The lowest BCUT2D eigenvalue weighted by atomic mass is 10.1. The van der Waals surface area contributed by atoms with E-state index in [1.165, 1.54) is 25.3 Å². The zero-order valence-corrected chi connectivity index (χ0v) is 15.2. The molecule has 0 unspecified atom stereocenters. The van der Waals surface area contributed by atoms with Gasteiger partial charge >= 0.3 is 0 Å². The molecule has 142 valence electrons. The largest absolute Gasteiger partial charge is 0.497 e. The van der Waals surface area contributed by atoms with Crippen molar-refractivity contribution in [1.29, 1.82) is 0 Å². The van der Waals surface area contributed by atoms with Gasteiger partial charge in [0.05, 0.1) is 26.5 Å². The summed E-state index contributed by atoms with van der Waals surface area (Å²) in [6, 6.07) is 10.4. The summed E-state index contributed by atoms with van der Waals surface area (Å²) in [5.74, 6) is -0.425. The number of carbonyl (C=O) groups is 2. The fourth-order valence-electron chi connectivity index (χ4n) is 2.24. The SMILES string of the molecule is COc1ccc(/C(C)=N\NC(=O)CNC(=O)c2cccc(F)c2)c(OC)c1. The molecule has 2 aromatic carbocycles. The van der Waals surface area contributed by atoms with E-state index in [9.17, 15) is 14.0 Å². The van der Waals surface area contributed by atoms with Crippen molar-refractivity contribution in [2.45, 2.75) is 6.92 Å². The van der Waals surface area contributed by atoms with E-state index < -0.39 is 17.6 Å². The van der Waals surface area contributed by atoms with Crippen LogP contribution in [0.1, 0.15) is 22.8 Å². The molecule has 2 amide bonds. The van der Waals surface area contributed by atoms with E-state index in [0.717, 1.165) is 6.07 Å². The van der Waals surface area contributed by atoms with Crippen LogP contribution < -0.4 is 20.2 Å². The van der Waals surface area contributed by atoms with Crippen molar-refractivity contribution < 1.29 is 23.5 Å². The van der Waals surface area contributed by atoms with Crippen LogP contribution >= 0.6 is 0 Å². The third kappa shape index (κ3) is 5.53. The Kier molecular flexibility index (Phi) is 6.87. The molecule has 0 atom stereocenters. The van der Waals surface area contributed by atoms with E-state index in [-0.39, 0.29) is 12.1 Å². The normalized spacial score (nSPS) is 10.9. The molecule has 2 N–H and O–H groups in total. The summed E-state index contributed by atoms with van der Waals surface area (Å²) >= 11 is 0. The summed E-state index contributed by atoms with van der Waals surface area (Å²) in [5.41, 5.74) is 3.68. The average molecular weight is 373 g/mol. The number of benzene rings is 2. The number of hydrazone groups is 1. The van der Waals surface area contributed by atoms with Gasteiger partial charge in [-0.05, 0) is 37.3 Å². The van der Waals surface area contributed by atoms with Crippen LogP contribution in [0, 0.1) is 5.82 Å². The van der Waals surface area contributed by atoms with Crippen molar-refractivity contribution in [2.75, 3.05) is 20.8 Å². The van der Waals surface area contributed by atoms with Crippen LogP contribution in [0.25, 0.3) is 0 Å². The minimum Gasteiger partial charge on any atom is -0.497 e. The highest BCUT2D eigenvalue weighted by Crippen LogP contribution is 2.24. The number of ether oxygens (including phenoxy) is 2. The first-order chi connectivity index (χ1) is 12.9. The second-order valence-electron chi connectivity index (χ2n) is 5.49. The zero-order chi connectivity index (χ0) is 19.8. The predicted octanol–water partition coefficient (Wildman–Crippen LogP) is 2.11. The first-order valence-electron chi connectivity index (χ1n) is 8.04. The maximum Gasteiger partial charge on any atom is 0.259 e. The second-order valence-corrected chi connectivity index (χ2v) is 5.49. The Bertz CT molecular complexity index is 868. The topological polar surface area (TPSA) is 89.0 Å². The molecule has 0 saturated heterocycles. The maximum atomic E-state index is 13.1. The fourth-order valence-corrected chi connectivity index (χ4v) is 2.24. The number of carbonyl (C=O) groups excluding carboxylic acids is 2. The quantitative estimate of drug-likeness (QED) is 0.575. The van der Waals surface area contributed by atoms with Gasteiger partial charge in [-0.25, -0.2) is 9.82 Å². The molecule has 0 spiro atoms. The molecule has 2 aromatic rings. The maximum absolute atomic E-state index is 13.1. The lowest BCUT2D eigenvalue weighted by Crippen LogP contribution is -2.35. The van der Waals surface area contributed by atoms with Crippen molar-refractivity contribution in [3.8, 4) is 11.5 Å². The summed E-state index contributed by atoms with van der Waals surface area (Å²) in [5, 5.41) is 6.41. The van der Waals surface area contributed by atoms with Gasteiger partial charge in [0.2, 0.25) is 0 Å². The first-order valence-corrected chi connectivity index (χ1v) is 8.04. The second kappa shape index (κ2) is 9.33. The van der Waals surface area contributed by atoms with Crippen LogP contribution in [0.3, 0.4) is 0 Å². The van der Waals surface area contributed by atoms with Gasteiger partial charge in [-0.1, -0.05) is 6.07 Å². The van der Waals surface area contributed by atoms with Gasteiger partial charge in [-0.15, -0.1) is 0 Å². The van der Waals surface area contributed by atoms with Crippen LogP contribution in [0.15, 0.2) is 47.6 Å². The zero-order valence-electron chi connectivity index (χ0n) is 15.2. The van der Waals surface area contributed by atoms with E-state index in [1.807, 2.05) is 0 Å². The van der Waals surface area contributed by atoms with Gasteiger partial charge in [0, 0.05) is 17.2 Å². The highest BCUT2D eigenvalue weighted by molar-refractivity contribution is 6.02. The molecule has 0 aromatic heterocycles. The number of nitrogens with zero attached hydrogens (tertiary/aromatic N) is 1. The van der Waals surface area contributed by atoms with E-state index in [2.05, 4.69) is 15.8 Å². The lowest BCUT2D eigenvalue weighted by Gasteiger charge is -2.10. The van der Waals surface area contributed by atoms with Crippen molar-refractivity contribution in [2.24, 2.45) is 5.10 Å². The van der Waals surface area contributed by atoms with E-state index in [0.29, 0.717) is 22.8 Å². The number of hydrogen-bond donors (Lipinski definition) is 2. The van der Waals surface area contributed by atoms with Crippen LogP contribution in [0.4, 0.5) is 4.39 Å². The Morgan fingerprint density at radius 2 is 1.89 bits per heavy atom. The highest BCUT2D eigenvalue weighted by atomic mass is 19.1. The molecule has 0 radical (unpaired) electrons. The molecule has 7 nitrogen and oxygen atoms in total. The predicted molar refractivity (Wildman–Crippen MR) is 98.6 cm³/mol. The van der Waals surface area contributed by atoms with Gasteiger partial charge in [0.15, 0.2) is 0 Å². The number of methoxy groups -OCH3 is 2. The summed E-state index contributed by atoms with van der Waals surface area (Å²) in [6.45, 7) is 1.40. The highest BCUT2D eigenvalue weighted by Gasteiger charge is 2.10. The minimum absolute atomic E-state index is 0.130. The molecule has 0 aliphatic carbocycles. The van der Waals surface area contributed by atoms with Crippen LogP contribution in [0.2, 0.25) is 0 Å². The molecule has 0 bridgehead atoms. The van der Waals surface area contributed by atoms with E-state index in [4.69, 9.17) is 9.47 Å². The third-order valence-corrected chi connectivity index (χ3v) is 3.64. The third-order valence-electron chi connectivity index (χ3n) is 3.64. The molecule has 0 aliphatic rings. The molecular weight excluding hydrogens is 353 g/mol. The molecule has 0 fully saturated rings. The minimum atomic E-state index is -0.554. The van der Waals surface area contributed by atoms with E-state index >= 15 is 0 Å². The molecular formula is C19H20FN3O4. The van der Waals surface area contributed by atoms with Crippen LogP contribution in [-0.2, 0) is 4.79 Å². The number of halogens is 1. The molecule has 0 aliphatic heterocycles. The Balaban J connectivity index is 1.95. The molecule has 27 heavy (non-hydrogen) atoms. The van der Waals surface area contributed by atoms with E-state index in [1.54, 1.807) is 32.2 Å². The number of amides is 2. The smallest absolute Gasteiger partial charge is 0.259 e. The summed E-state index contributed by atoms with van der Waals surface area (Å²) in [6.07, 6.45) is 0. The average Bonchev–Trinajstić information content (AvgIpc) is 2.69. The van der Waals surface area contributed by atoms with Crippen molar-refractivity contribution in [1.82, 2.24) is 10.7 Å². The lowest BCUT2D eigenvalue weighted by molar-refractivity contribution is -0.120. The van der Waals surface area contributed by atoms with Gasteiger partial charge < -0.3 is 14.8 Å². The van der Waals surface area contributed by atoms with Crippen molar-refractivity contribution in [3.05, 3.63) is 59.4 Å². The van der Waals surface area contributed by atoms with Gasteiger partial charge in [0.25, 0.3) is 11.8 Å². The number of rotatable bonds is 7. The van der Waals surface area contributed by atoms with Gasteiger partial charge in [-0.3, -0.25) is 9.59 Å². The van der Waals surface area contributed by atoms with Crippen LogP contribution in [0.5, 0.6) is 11.5 Å². The van der Waals surface area contributed by atoms with Gasteiger partial charge in [-0.2, -0.15) is 5.10 Å². The molecule has 0 saturated carbocycles. The molecule has 2 rings (SSSR count). The number of hydrogen-bond acceptors (Lipinski definition) is 5. The summed E-state index contributed by atoms with van der Waals surface area (Å²) in [4.78, 5) is 23.8. The fraction of sp³-hybridized carbons (Fsp3) is 0.211. The molecule has 8 heteroatoms. The Morgan fingerprint density at radius 3 is 2.56 bits per heavy atom. The Morgan fingerprint density at radius 1 is 1.11 bits per heavy atom. The van der Waals surface area contributed by atoms with Gasteiger partial charge in [0.1, 0.15) is 17.3 Å². The molecule has 0 heterocycles. The van der Waals surface area contributed by atoms with Crippen molar-refractivity contribution >= 4 is 17.5 Å².